The third-order valence-electron chi connectivity index (χ3n) is 7.63. The molecule has 7 nitrogen and oxygen atoms in total. The van der Waals surface area contributed by atoms with Crippen molar-refractivity contribution in [1.82, 2.24) is 14.9 Å². The van der Waals surface area contributed by atoms with Gasteiger partial charge in [0.2, 0.25) is 0 Å². The summed E-state index contributed by atoms with van der Waals surface area (Å²) >= 11 is 1.54. The van der Waals surface area contributed by atoms with Gasteiger partial charge in [0.05, 0.1) is 28.1 Å². The molecule has 200 valence electrons. The number of aliphatic hydroxyl groups excluding tert-OH is 1. The highest BCUT2D eigenvalue weighted by Crippen LogP contribution is 2.37. The summed E-state index contributed by atoms with van der Waals surface area (Å²) in [6.07, 6.45) is 4.05. The second kappa shape index (κ2) is 10.4. The molecule has 40 heavy (non-hydrogen) atoms. The Bertz CT molecular complexity index is 1690. The molecular weight excluding hydrogens is 520 g/mol. The highest BCUT2D eigenvalue weighted by Gasteiger charge is 2.31. The molecule has 0 saturated carbocycles. The molecule has 1 aliphatic carbocycles. The number of aromatic nitrogens is 2. The SMILES string of the molecule is O=C(c1ccc(-c2cc(Oc3ccc4nc(N[C@@H]5c6ccccc6C[C@@H]5O)sc4c3)ccn2)cc1)N1CCCC1. The molecule has 3 aromatic carbocycles. The van der Waals surface area contributed by atoms with Crippen LogP contribution < -0.4 is 10.1 Å². The number of hydrogen-bond acceptors (Lipinski definition) is 7. The van der Waals surface area contributed by atoms with Crippen LogP contribution in [0.1, 0.15) is 40.4 Å². The number of aliphatic hydroxyl groups is 1. The van der Waals surface area contributed by atoms with Gasteiger partial charge in [-0.05, 0) is 54.3 Å². The number of nitrogens with one attached hydrogen (secondary N) is 1. The topological polar surface area (TPSA) is 87.6 Å². The summed E-state index contributed by atoms with van der Waals surface area (Å²) in [7, 11) is 0. The number of amides is 1. The van der Waals surface area contributed by atoms with E-state index in [2.05, 4.69) is 22.4 Å². The van der Waals surface area contributed by atoms with Crippen LogP contribution in [0.4, 0.5) is 5.13 Å². The first kappa shape index (κ1) is 24.7. The van der Waals surface area contributed by atoms with Crippen LogP contribution in [0.2, 0.25) is 0 Å². The second-order valence-electron chi connectivity index (χ2n) is 10.3. The van der Waals surface area contributed by atoms with Gasteiger partial charge in [0, 0.05) is 49.0 Å². The van der Waals surface area contributed by atoms with Gasteiger partial charge < -0.3 is 20.1 Å². The minimum Gasteiger partial charge on any atom is -0.457 e. The normalized spacial score (nSPS) is 18.2. The first-order valence-electron chi connectivity index (χ1n) is 13.6. The highest BCUT2D eigenvalue weighted by atomic mass is 32.1. The summed E-state index contributed by atoms with van der Waals surface area (Å²) in [6.45, 7) is 1.68. The number of carbonyl (C=O) groups excluding carboxylic acids is 1. The van der Waals surface area contributed by atoms with Gasteiger partial charge in [0.15, 0.2) is 5.13 Å². The Kier molecular flexibility index (Phi) is 6.42. The zero-order valence-electron chi connectivity index (χ0n) is 21.8. The van der Waals surface area contributed by atoms with Gasteiger partial charge in [-0.1, -0.05) is 47.7 Å². The fourth-order valence-electron chi connectivity index (χ4n) is 5.57. The van der Waals surface area contributed by atoms with Gasteiger partial charge in [-0.25, -0.2) is 4.98 Å². The fraction of sp³-hybridized carbons (Fsp3) is 0.219. The van der Waals surface area contributed by atoms with Crippen molar-refractivity contribution in [3.8, 4) is 22.8 Å². The summed E-state index contributed by atoms with van der Waals surface area (Å²) in [5.74, 6) is 1.47. The van der Waals surface area contributed by atoms with E-state index in [1.807, 2.05) is 71.6 Å². The molecule has 1 aliphatic heterocycles. The Morgan fingerprint density at radius 3 is 2.62 bits per heavy atom. The van der Waals surface area contributed by atoms with Crippen LogP contribution in [0, 0.1) is 0 Å². The standard InChI is InChI=1S/C32H28N4O3S/c37-28-17-22-5-1-2-6-25(22)30(28)35-32-34-26-12-11-23(19-29(26)40-32)39-24-13-14-33-27(18-24)20-7-9-21(10-8-20)31(38)36-15-3-4-16-36/h1-2,5-14,18-19,28,30,37H,3-4,15-17H2,(H,34,35)/t28-,30+/m0/s1. The van der Waals surface area contributed by atoms with E-state index < -0.39 is 6.10 Å². The molecule has 1 saturated heterocycles. The predicted molar refractivity (Wildman–Crippen MR) is 157 cm³/mol. The monoisotopic (exact) mass is 548 g/mol. The maximum Gasteiger partial charge on any atom is 0.253 e. The number of pyridine rings is 1. The first-order chi connectivity index (χ1) is 19.6. The van der Waals surface area contributed by atoms with Crippen LogP contribution in [0.3, 0.4) is 0 Å². The van der Waals surface area contributed by atoms with Crippen molar-refractivity contribution >= 4 is 32.6 Å². The minimum absolute atomic E-state index is 0.0927. The van der Waals surface area contributed by atoms with E-state index in [0.29, 0.717) is 23.5 Å². The molecule has 0 radical (unpaired) electrons. The molecule has 2 aromatic heterocycles. The number of thiazole rings is 1. The van der Waals surface area contributed by atoms with Crippen molar-refractivity contribution in [3.05, 3.63) is 102 Å². The minimum atomic E-state index is -0.481. The quantitative estimate of drug-likeness (QED) is 0.253. The smallest absolute Gasteiger partial charge is 0.253 e. The molecule has 3 heterocycles. The molecule has 0 bridgehead atoms. The van der Waals surface area contributed by atoms with Crippen LogP contribution >= 0.6 is 11.3 Å². The van der Waals surface area contributed by atoms with E-state index in [4.69, 9.17) is 9.72 Å². The van der Waals surface area contributed by atoms with Crippen LogP contribution in [0.15, 0.2) is 85.1 Å². The van der Waals surface area contributed by atoms with E-state index in [9.17, 15) is 9.90 Å². The van der Waals surface area contributed by atoms with Crippen molar-refractivity contribution in [2.45, 2.75) is 31.4 Å². The van der Waals surface area contributed by atoms with E-state index >= 15 is 0 Å². The first-order valence-corrected chi connectivity index (χ1v) is 14.4. The van der Waals surface area contributed by atoms with Crippen LogP contribution in [-0.2, 0) is 6.42 Å². The number of rotatable bonds is 6. The van der Waals surface area contributed by atoms with Crippen molar-refractivity contribution in [2.75, 3.05) is 18.4 Å². The number of hydrogen-bond donors (Lipinski definition) is 2. The number of fused-ring (bicyclic) bond motifs is 2. The molecule has 0 spiro atoms. The lowest BCUT2D eigenvalue weighted by Crippen LogP contribution is -2.27. The van der Waals surface area contributed by atoms with Crippen LogP contribution in [-0.4, -0.2) is 45.1 Å². The summed E-state index contributed by atoms with van der Waals surface area (Å²) in [5, 5.41) is 14.8. The van der Waals surface area contributed by atoms with Crippen molar-refractivity contribution < 1.29 is 14.6 Å². The average Bonchev–Trinajstić information content (AvgIpc) is 3.72. The maximum atomic E-state index is 12.7. The molecule has 0 unspecified atom stereocenters. The third kappa shape index (κ3) is 4.80. The number of nitrogens with zero attached hydrogens (tertiary/aromatic N) is 3. The largest absolute Gasteiger partial charge is 0.457 e. The Morgan fingerprint density at radius 2 is 1.77 bits per heavy atom. The fourth-order valence-corrected chi connectivity index (χ4v) is 6.50. The van der Waals surface area contributed by atoms with Gasteiger partial charge in [-0.2, -0.15) is 0 Å². The van der Waals surface area contributed by atoms with Gasteiger partial charge in [-0.15, -0.1) is 0 Å². The zero-order valence-corrected chi connectivity index (χ0v) is 22.6. The van der Waals surface area contributed by atoms with Crippen molar-refractivity contribution in [2.24, 2.45) is 0 Å². The average molecular weight is 549 g/mol. The summed E-state index contributed by atoms with van der Waals surface area (Å²) in [6, 6.07) is 25.2. The van der Waals surface area contributed by atoms with Gasteiger partial charge >= 0.3 is 0 Å². The zero-order chi connectivity index (χ0) is 27.1. The Hall–Kier alpha value is -4.27. The third-order valence-corrected chi connectivity index (χ3v) is 8.58. The van der Waals surface area contributed by atoms with E-state index in [0.717, 1.165) is 58.1 Å². The molecular formula is C32H28N4O3S. The Labute approximate surface area is 236 Å². The number of ether oxygens (including phenoxy) is 1. The molecule has 1 fully saturated rings. The summed E-state index contributed by atoms with van der Waals surface area (Å²) < 4.78 is 7.20. The lowest BCUT2D eigenvalue weighted by Gasteiger charge is -2.16. The van der Waals surface area contributed by atoms with Crippen LogP contribution in [0.5, 0.6) is 11.5 Å². The molecule has 1 amide bonds. The van der Waals surface area contributed by atoms with E-state index in [1.54, 1.807) is 17.5 Å². The number of benzene rings is 3. The lowest BCUT2D eigenvalue weighted by atomic mass is 10.1. The predicted octanol–water partition coefficient (Wildman–Crippen LogP) is 6.46. The van der Waals surface area contributed by atoms with Crippen molar-refractivity contribution in [1.29, 1.82) is 0 Å². The molecule has 7 rings (SSSR count). The Morgan fingerprint density at radius 1 is 0.975 bits per heavy atom. The number of anilines is 1. The second-order valence-corrected chi connectivity index (χ2v) is 11.3. The van der Waals surface area contributed by atoms with Gasteiger partial charge in [0.1, 0.15) is 11.5 Å². The lowest BCUT2D eigenvalue weighted by molar-refractivity contribution is 0.0793. The summed E-state index contributed by atoms with van der Waals surface area (Å²) in [5.41, 5.74) is 5.58. The highest BCUT2D eigenvalue weighted by molar-refractivity contribution is 7.22. The van der Waals surface area contributed by atoms with E-state index in [-0.39, 0.29) is 11.9 Å². The van der Waals surface area contributed by atoms with E-state index in [1.165, 1.54) is 5.56 Å². The van der Waals surface area contributed by atoms with Gasteiger partial charge in [0.25, 0.3) is 5.91 Å². The Balaban J connectivity index is 1.06. The molecule has 5 aromatic rings. The summed E-state index contributed by atoms with van der Waals surface area (Å²) in [4.78, 5) is 23.8. The molecule has 2 atom stereocenters. The molecule has 8 heteroatoms. The van der Waals surface area contributed by atoms with Crippen molar-refractivity contribution in [3.63, 3.8) is 0 Å². The number of carbonyl (C=O) groups is 1. The van der Waals surface area contributed by atoms with Crippen LogP contribution in [0.25, 0.3) is 21.5 Å². The van der Waals surface area contributed by atoms with Gasteiger partial charge in [-0.3, -0.25) is 9.78 Å². The maximum absolute atomic E-state index is 12.7. The number of likely N-dealkylation sites (tertiary alicyclic amines) is 1. The molecule has 2 N–H and O–H groups in total. The molecule has 2 aliphatic rings.